The summed E-state index contributed by atoms with van der Waals surface area (Å²) in [7, 11) is 0. The number of carbonyl (C=O) groups excluding carboxylic acids is 1. The van der Waals surface area contributed by atoms with Gasteiger partial charge in [-0.25, -0.2) is 4.79 Å². The molecule has 2 fully saturated rings. The Morgan fingerprint density at radius 2 is 1.88 bits per heavy atom. The lowest BCUT2D eigenvalue weighted by molar-refractivity contribution is 0.197. The molecule has 0 aliphatic carbocycles. The van der Waals surface area contributed by atoms with Crippen molar-refractivity contribution in [2.24, 2.45) is 11.8 Å². The molecule has 0 bridgehead atoms. The van der Waals surface area contributed by atoms with Gasteiger partial charge >= 0.3 is 6.03 Å². The van der Waals surface area contributed by atoms with E-state index >= 15 is 0 Å². The van der Waals surface area contributed by atoms with E-state index in [0.29, 0.717) is 11.8 Å². The fourth-order valence-electron chi connectivity index (χ4n) is 4.09. The summed E-state index contributed by atoms with van der Waals surface area (Å²) in [6, 6.07) is 10.5. The SMILES string of the molecule is C[C@H](CNC(=O)NC[C@@H]1CCN(c2ccccc2)C1)CN1CCCCC1. The molecule has 3 rings (SSSR count). The maximum absolute atomic E-state index is 12.1. The largest absolute Gasteiger partial charge is 0.371 e. The highest BCUT2D eigenvalue weighted by Crippen LogP contribution is 2.22. The first-order valence-corrected chi connectivity index (χ1v) is 10.2. The smallest absolute Gasteiger partial charge is 0.314 e. The second-order valence-electron chi connectivity index (χ2n) is 7.99. The van der Waals surface area contributed by atoms with E-state index in [0.717, 1.165) is 39.1 Å². The first kappa shape index (κ1) is 19.0. The van der Waals surface area contributed by atoms with Gasteiger partial charge in [0.25, 0.3) is 0 Å². The minimum atomic E-state index is -0.0198. The maximum atomic E-state index is 12.1. The van der Waals surface area contributed by atoms with Gasteiger partial charge in [-0.3, -0.25) is 0 Å². The second kappa shape index (κ2) is 9.81. The Labute approximate surface area is 158 Å². The van der Waals surface area contributed by atoms with Gasteiger partial charge in [0, 0.05) is 38.4 Å². The lowest BCUT2D eigenvalue weighted by atomic mass is 10.1. The van der Waals surface area contributed by atoms with Crippen molar-refractivity contribution < 1.29 is 4.79 Å². The quantitative estimate of drug-likeness (QED) is 0.788. The van der Waals surface area contributed by atoms with Gasteiger partial charge in [0.2, 0.25) is 0 Å². The fraction of sp³-hybridized carbons (Fsp3) is 0.667. The van der Waals surface area contributed by atoms with Crippen LogP contribution in [0.3, 0.4) is 0 Å². The van der Waals surface area contributed by atoms with Gasteiger partial charge in [-0.1, -0.05) is 31.5 Å². The molecule has 2 N–H and O–H groups in total. The monoisotopic (exact) mass is 358 g/mol. The van der Waals surface area contributed by atoms with Crippen LogP contribution in [0.4, 0.5) is 10.5 Å². The highest BCUT2D eigenvalue weighted by molar-refractivity contribution is 5.73. The van der Waals surface area contributed by atoms with E-state index in [1.54, 1.807) is 0 Å². The van der Waals surface area contributed by atoms with Crippen LogP contribution in [0.2, 0.25) is 0 Å². The van der Waals surface area contributed by atoms with E-state index in [1.807, 2.05) is 0 Å². The van der Waals surface area contributed by atoms with Gasteiger partial charge in [-0.2, -0.15) is 0 Å². The Morgan fingerprint density at radius 1 is 1.12 bits per heavy atom. The molecule has 0 spiro atoms. The lowest BCUT2D eigenvalue weighted by Crippen LogP contribution is -2.42. The second-order valence-corrected chi connectivity index (χ2v) is 7.99. The summed E-state index contributed by atoms with van der Waals surface area (Å²) in [5, 5.41) is 6.11. The molecule has 2 atom stereocenters. The molecule has 2 aliphatic heterocycles. The van der Waals surface area contributed by atoms with Crippen LogP contribution in [0.1, 0.15) is 32.6 Å². The van der Waals surface area contributed by atoms with Gasteiger partial charge in [-0.15, -0.1) is 0 Å². The van der Waals surface area contributed by atoms with Gasteiger partial charge < -0.3 is 20.4 Å². The van der Waals surface area contributed by atoms with Crippen molar-refractivity contribution in [3.05, 3.63) is 30.3 Å². The third-order valence-corrected chi connectivity index (χ3v) is 5.59. The number of benzene rings is 1. The zero-order valence-electron chi connectivity index (χ0n) is 16.1. The molecule has 144 valence electrons. The molecule has 0 aromatic heterocycles. The van der Waals surface area contributed by atoms with Crippen LogP contribution in [0.25, 0.3) is 0 Å². The van der Waals surface area contributed by atoms with Crippen molar-refractivity contribution in [2.75, 3.05) is 50.7 Å². The number of hydrogen-bond donors (Lipinski definition) is 2. The van der Waals surface area contributed by atoms with Crippen LogP contribution in [0.5, 0.6) is 0 Å². The highest BCUT2D eigenvalue weighted by atomic mass is 16.2. The first-order chi connectivity index (χ1) is 12.7. The van der Waals surface area contributed by atoms with Crippen molar-refractivity contribution in [1.29, 1.82) is 0 Å². The van der Waals surface area contributed by atoms with E-state index in [4.69, 9.17) is 0 Å². The van der Waals surface area contributed by atoms with Crippen LogP contribution in [-0.4, -0.2) is 56.7 Å². The molecular formula is C21H34N4O. The molecule has 0 saturated carbocycles. The van der Waals surface area contributed by atoms with Gasteiger partial charge in [0.15, 0.2) is 0 Å². The number of amides is 2. The summed E-state index contributed by atoms with van der Waals surface area (Å²) < 4.78 is 0. The number of likely N-dealkylation sites (tertiary alicyclic amines) is 1. The number of anilines is 1. The summed E-state index contributed by atoms with van der Waals surface area (Å²) in [5.41, 5.74) is 1.28. The number of rotatable bonds is 7. The first-order valence-electron chi connectivity index (χ1n) is 10.2. The zero-order chi connectivity index (χ0) is 18.2. The van der Waals surface area contributed by atoms with Crippen molar-refractivity contribution in [3.8, 4) is 0 Å². The summed E-state index contributed by atoms with van der Waals surface area (Å²) in [6.07, 6.45) is 5.15. The van der Waals surface area contributed by atoms with E-state index in [-0.39, 0.29) is 6.03 Å². The Hall–Kier alpha value is -1.75. The Morgan fingerprint density at radius 3 is 2.65 bits per heavy atom. The van der Waals surface area contributed by atoms with Crippen LogP contribution >= 0.6 is 0 Å². The third kappa shape index (κ3) is 5.90. The van der Waals surface area contributed by atoms with Crippen LogP contribution in [-0.2, 0) is 0 Å². The lowest BCUT2D eigenvalue weighted by Gasteiger charge is -2.29. The van der Waals surface area contributed by atoms with E-state index in [2.05, 4.69) is 57.7 Å². The van der Waals surface area contributed by atoms with Gasteiger partial charge in [0.1, 0.15) is 0 Å². The maximum Gasteiger partial charge on any atom is 0.314 e. The van der Waals surface area contributed by atoms with Crippen LogP contribution in [0, 0.1) is 11.8 Å². The molecule has 26 heavy (non-hydrogen) atoms. The standard InChI is InChI=1S/C21H34N4O/c1-18(16-24-11-6-3-7-12-24)14-22-21(26)23-15-19-10-13-25(17-19)20-8-4-2-5-9-20/h2,4-5,8-9,18-19H,3,6-7,10-17H2,1H3,(H2,22,23,26)/t18-,19+/m1/s1. The van der Waals surface area contributed by atoms with Crippen LogP contribution in [0.15, 0.2) is 30.3 Å². The van der Waals surface area contributed by atoms with Crippen molar-refractivity contribution in [2.45, 2.75) is 32.6 Å². The summed E-state index contributed by atoms with van der Waals surface area (Å²) in [6.45, 7) is 9.37. The summed E-state index contributed by atoms with van der Waals surface area (Å²) in [4.78, 5) is 17.0. The third-order valence-electron chi connectivity index (χ3n) is 5.59. The molecule has 1 aromatic carbocycles. The molecule has 5 heteroatoms. The molecular weight excluding hydrogens is 324 g/mol. The molecule has 2 saturated heterocycles. The number of nitrogens with one attached hydrogen (secondary N) is 2. The number of carbonyl (C=O) groups is 1. The molecule has 0 radical (unpaired) electrons. The number of nitrogens with zero attached hydrogens (tertiary/aromatic N) is 2. The van der Waals surface area contributed by atoms with Crippen molar-refractivity contribution in [3.63, 3.8) is 0 Å². The van der Waals surface area contributed by atoms with E-state index in [1.165, 1.54) is 38.0 Å². The predicted molar refractivity (Wildman–Crippen MR) is 108 cm³/mol. The molecule has 1 aromatic rings. The molecule has 0 unspecified atom stereocenters. The van der Waals surface area contributed by atoms with Crippen molar-refractivity contribution >= 4 is 11.7 Å². The summed E-state index contributed by atoms with van der Waals surface area (Å²) >= 11 is 0. The van der Waals surface area contributed by atoms with Gasteiger partial charge in [-0.05, 0) is 56.3 Å². The number of hydrogen-bond acceptors (Lipinski definition) is 3. The van der Waals surface area contributed by atoms with Gasteiger partial charge in [0.05, 0.1) is 0 Å². The van der Waals surface area contributed by atoms with Crippen molar-refractivity contribution in [1.82, 2.24) is 15.5 Å². The van der Waals surface area contributed by atoms with E-state index < -0.39 is 0 Å². The van der Waals surface area contributed by atoms with E-state index in [9.17, 15) is 4.79 Å². The molecule has 2 heterocycles. The Kier molecular flexibility index (Phi) is 7.18. The Balaban J connectivity index is 1.29. The minimum absolute atomic E-state index is 0.0198. The Bertz CT molecular complexity index is 544. The molecule has 2 amide bonds. The average Bonchev–Trinajstić information content (AvgIpc) is 3.15. The number of piperidine rings is 1. The number of urea groups is 1. The molecule has 2 aliphatic rings. The highest BCUT2D eigenvalue weighted by Gasteiger charge is 2.23. The molecule has 5 nitrogen and oxygen atoms in total. The average molecular weight is 359 g/mol. The fourth-order valence-corrected chi connectivity index (χ4v) is 4.09. The predicted octanol–water partition coefficient (Wildman–Crippen LogP) is 2.93. The normalized spacial score (nSPS) is 22.2. The van der Waals surface area contributed by atoms with Crippen LogP contribution < -0.4 is 15.5 Å². The zero-order valence-corrected chi connectivity index (χ0v) is 16.1. The summed E-state index contributed by atoms with van der Waals surface area (Å²) in [5.74, 6) is 1.03. The number of para-hydroxylation sites is 1. The minimum Gasteiger partial charge on any atom is -0.371 e. The topological polar surface area (TPSA) is 47.6 Å².